The highest BCUT2D eigenvalue weighted by Gasteiger charge is 2.52. The van der Waals surface area contributed by atoms with Gasteiger partial charge in [0.2, 0.25) is 0 Å². The van der Waals surface area contributed by atoms with Crippen LogP contribution >= 0.6 is 0 Å². The van der Waals surface area contributed by atoms with E-state index in [4.69, 9.17) is 14.7 Å². The van der Waals surface area contributed by atoms with E-state index >= 15 is 0 Å². The van der Waals surface area contributed by atoms with Crippen LogP contribution in [0.2, 0.25) is 0 Å². The van der Waals surface area contributed by atoms with Gasteiger partial charge in [-0.05, 0) is 62.6 Å². The molecule has 2 heterocycles. The average molecular weight is 532 g/mol. The Balaban J connectivity index is 1.35. The number of urea groups is 1. The van der Waals surface area contributed by atoms with Crippen molar-refractivity contribution in [2.75, 3.05) is 31.3 Å². The molecule has 0 unspecified atom stereocenters. The van der Waals surface area contributed by atoms with E-state index in [1.165, 1.54) is 39.5 Å². The molecule has 0 aliphatic carbocycles. The van der Waals surface area contributed by atoms with Gasteiger partial charge in [-0.1, -0.05) is 18.2 Å². The van der Waals surface area contributed by atoms with Crippen molar-refractivity contribution in [1.29, 1.82) is 0 Å². The third-order valence-corrected chi connectivity index (χ3v) is 9.26. The zero-order chi connectivity index (χ0) is 26.6. The largest absolute Gasteiger partial charge is 0.494 e. The van der Waals surface area contributed by atoms with Gasteiger partial charge in [0.15, 0.2) is 14.6 Å². The third kappa shape index (κ3) is 4.91. The summed E-state index contributed by atoms with van der Waals surface area (Å²) in [5, 5.41) is 9.15. The number of hydrogen-bond acceptors (Lipinski definition) is 8. The van der Waals surface area contributed by atoms with Gasteiger partial charge < -0.3 is 9.47 Å². The van der Waals surface area contributed by atoms with Crippen LogP contribution in [0.25, 0.3) is 0 Å². The summed E-state index contributed by atoms with van der Waals surface area (Å²) in [5.74, 6) is -0.871. The van der Waals surface area contributed by atoms with E-state index in [0.717, 1.165) is 0 Å². The second-order valence-corrected chi connectivity index (χ2v) is 11.1. The van der Waals surface area contributed by atoms with Crippen molar-refractivity contribution in [1.82, 2.24) is 10.4 Å². The highest BCUT2D eigenvalue weighted by molar-refractivity contribution is 7.93. The van der Waals surface area contributed by atoms with Crippen LogP contribution in [0, 0.1) is 0 Å². The number of carbonyl (C=O) groups is 3. The molecule has 2 saturated heterocycles. The Kier molecular flexibility index (Phi) is 7.81. The van der Waals surface area contributed by atoms with Crippen LogP contribution in [0.4, 0.5) is 10.5 Å². The maximum atomic E-state index is 13.3. The molecule has 2 N–H and O–H groups in total. The smallest absolute Gasteiger partial charge is 0.331 e. The maximum absolute atomic E-state index is 13.3. The Morgan fingerprint density at radius 2 is 1.76 bits per heavy atom. The molecule has 0 radical (unpaired) electrons. The van der Waals surface area contributed by atoms with E-state index in [1.54, 1.807) is 31.2 Å². The van der Waals surface area contributed by atoms with Gasteiger partial charge in [0.25, 0.3) is 11.8 Å². The first-order valence-electron chi connectivity index (χ1n) is 11.9. The minimum atomic E-state index is -4.13. The number of hydrogen-bond donors (Lipinski definition) is 2. The highest BCUT2D eigenvalue weighted by Crippen LogP contribution is 2.36. The van der Waals surface area contributed by atoms with Crippen LogP contribution in [0.15, 0.2) is 59.5 Å². The number of amides is 4. The molecule has 2 aliphatic rings. The van der Waals surface area contributed by atoms with Gasteiger partial charge >= 0.3 is 6.03 Å². The molecule has 2 aliphatic heterocycles. The SMILES string of the molecule is C[C@H]1C(=O)N(CCCOc2ccc(S(=O)(=O)C3(C(=O)NO)CCOCC3)cc2)C(=O)N1c1ccccc1. The van der Waals surface area contributed by atoms with Crippen LogP contribution in [0.5, 0.6) is 5.75 Å². The van der Waals surface area contributed by atoms with Crippen molar-refractivity contribution < 1.29 is 37.5 Å². The second kappa shape index (κ2) is 10.9. The predicted molar refractivity (Wildman–Crippen MR) is 132 cm³/mol. The number of sulfone groups is 1. The third-order valence-electron chi connectivity index (χ3n) is 6.74. The van der Waals surface area contributed by atoms with Crippen molar-refractivity contribution in [3.05, 3.63) is 54.6 Å². The fourth-order valence-corrected chi connectivity index (χ4v) is 6.57. The number of imide groups is 1. The summed E-state index contributed by atoms with van der Waals surface area (Å²) in [6, 6.07) is 13.7. The molecule has 2 aromatic rings. The van der Waals surface area contributed by atoms with Crippen molar-refractivity contribution in [3.8, 4) is 5.75 Å². The van der Waals surface area contributed by atoms with Gasteiger partial charge in [0.05, 0.1) is 11.5 Å². The molecule has 0 spiro atoms. The number of hydroxylamine groups is 1. The summed E-state index contributed by atoms with van der Waals surface area (Å²) in [6.45, 7) is 2.22. The Morgan fingerprint density at radius 3 is 2.38 bits per heavy atom. The molecule has 0 aromatic heterocycles. The van der Waals surface area contributed by atoms with Gasteiger partial charge in [0, 0.05) is 25.4 Å². The number of carbonyl (C=O) groups excluding carboxylic acids is 3. The van der Waals surface area contributed by atoms with Crippen LogP contribution < -0.4 is 15.1 Å². The van der Waals surface area contributed by atoms with E-state index in [-0.39, 0.29) is 56.0 Å². The topological polar surface area (TPSA) is 143 Å². The molecule has 0 saturated carbocycles. The minimum absolute atomic E-state index is 0.0752. The van der Waals surface area contributed by atoms with Gasteiger partial charge in [-0.3, -0.25) is 24.6 Å². The zero-order valence-electron chi connectivity index (χ0n) is 20.3. The summed E-state index contributed by atoms with van der Waals surface area (Å²) in [4.78, 5) is 40.4. The Morgan fingerprint density at radius 1 is 1.11 bits per heavy atom. The Hall–Kier alpha value is -3.48. The molecule has 0 bridgehead atoms. The lowest BCUT2D eigenvalue weighted by Gasteiger charge is -2.34. The zero-order valence-corrected chi connectivity index (χ0v) is 21.1. The number of nitrogens with zero attached hydrogens (tertiary/aromatic N) is 2. The van der Waals surface area contributed by atoms with E-state index in [9.17, 15) is 22.8 Å². The second-order valence-electron chi connectivity index (χ2n) is 8.88. The van der Waals surface area contributed by atoms with Gasteiger partial charge in [-0.25, -0.2) is 18.7 Å². The molecular weight excluding hydrogens is 502 g/mol. The van der Waals surface area contributed by atoms with Gasteiger partial charge in [0.1, 0.15) is 11.8 Å². The lowest BCUT2D eigenvalue weighted by atomic mass is 9.98. The van der Waals surface area contributed by atoms with E-state index in [1.807, 2.05) is 6.07 Å². The Labute approximate surface area is 214 Å². The predicted octanol–water partition coefficient (Wildman–Crippen LogP) is 2.14. The molecular formula is C25H29N3O8S. The fourth-order valence-electron chi connectivity index (χ4n) is 4.63. The fraction of sp³-hybridized carbons (Fsp3) is 0.400. The molecule has 198 valence electrons. The first-order chi connectivity index (χ1) is 17.7. The van der Waals surface area contributed by atoms with Crippen LogP contribution in [0.3, 0.4) is 0 Å². The quantitative estimate of drug-likeness (QED) is 0.217. The molecule has 12 heteroatoms. The molecule has 4 amide bonds. The first-order valence-corrected chi connectivity index (χ1v) is 13.4. The maximum Gasteiger partial charge on any atom is 0.331 e. The lowest BCUT2D eigenvalue weighted by molar-refractivity contribution is -0.134. The van der Waals surface area contributed by atoms with Crippen LogP contribution in [0.1, 0.15) is 26.2 Å². The number of anilines is 1. The Bertz CT molecular complexity index is 1240. The highest BCUT2D eigenvalue weighted by atomic mass is 32.2. The normalized spacial score (nSPS) is 19.7. The number of rotatable bonds is 9. The van der Waals surface area contributed by atoms with Crippen LogP contribution in [-0.4, -0.2) is 73.5 Å². The van der Waals surface area contributed by atoms with Crippen molar-refractivity contribution in [2.24, 2.45) is 0 Å². The number of benzene rings is 2. The van der Waals surface area contributed by atoms with Crippen molar-refractivity contribution in [3.63, 3.8) is 0 Å². The first kappa shape index (κ1) is 26.6. The van der Waals surface area contributed by atoms with Crippen LogP contribution in [-0.2, 0) is 24.2 Å². The standard InChI is InChI=1S/C25H29N3O8S/c1-18-22(29)27(24(31)28(18)19-6-3-2-4-7-19)14-5-15-36-20-8-10-21(11-9-20)37(33,34)25(23(30)26-32)12-16-35-17-13-25/h2-4,6-11,18,32H,5,12-17H2,1H3,(H,26,30)/t18-/m0/s1. The van der Waals surface area contributed by atoms with Gasteiger partial charge in [-0.15, -0.1) is 0 Å². The summed E-state index contributed by atoms with van der Waals surface area (Å²) >= 11 is 0. The van der Waals surface area contributed by atoms with Gasteiger partial charge in [-0.2, -0.15) is 0 Å². The molecule has 37 heavy (non-hydrogen) atoms. The van der Waals surface area contributed by atoms with E-state index in [0.29, 0.717) is 17.9 Å². The molecule has 2 fully saturated rings. The average Bonchev–Trinajstić information content (AvgIpc) is 3.14. The summed E-state index contributed by atoms with van der Waals surface area (Å²) in [6.07, 6.45) is 0.231. The summed E-state index contributed by atoms with van der Waals surface area (Å²) in [5.41, 5.74) is 2.14. The number of nitrogens with one attached hydrogen (secondary N) is 1. The summed E-state index contributed by atoms with van der Waals surface area (Å²) in [7, 11) is -4.13. The number of para-hydroxylation sites is 1. The monoisotopic (exact) mass is 531 g/mol. The van der Waals surface area contributed by atoms with E-state index in [2.05, 4.69) is 0 Å². The van der Waals surface area contributed by atoms with Crippen molar-refractivity contribution >= 4 is 33.4 Å². The minimum Gasteiger partial charge on any atom is -0.494 e. The summed E-state index contributed by atoms with van der Waals surface area (Å²) < 4.78 is 35.7. The molecule has 1 atom stereocenters. The number of ether oxygens (including phenoxy) is 2. The molecule has 4 rings (SSSR count). The lowest BCUT2D eigenvalue weighted by Crippen LogP contribution is -2.54. The molecule has 2 aromatic carbocycles. The van der Waals surface area contributed by atoms with E-state index < -0.39 is 26.5 Å². The van der Waals surface area contributed by atoms with Crippen molar-refractivity contribution in [2.45, 2.75) is 41.9 Å². The molecule has 11 nitrogen and oxygen atoms in total.